The highest BCUT2D eigenvalue weighted by molar-refractivity contribution is 9.10. The second-order valence-corrected chi connectivity index (χ2v) is 5.84. The van der Waals surface area contributed by atoms with Crippen molar-refractivity contribution in [1.82, 2.24) is 5.32 Å². The molecule has 0 bridgehead atoms. The summed E-state index contributed by atoms with van der Waals surface area (Å²) in [5.41, 5.74) is 0.791. The standard InChI is InChI=1S/C16H25BrFN/c1-4-7-9-12(5-2)16(19-6-3)13-10-8-11-14(17)15(13)18/h8,10-12,16,19H,4-7,9H2,1-3H3. The Labute approximate surface area is 125 Å². The van der Waals surface area contributed by atoms with Crippen LogP contribution in [0, 0.1) is 11.7 Å². The summed E-state index contributed by atoms with van der Waals surface area (Å²) >= 11 is 3.29. The van der Waals surface area contributed by atoms with E-state index >= 15 is 0 Å². The fourth-order valence-electron chi connectivity index (χ4n) is 2.58. The smallest absolute Gasteiger partial charge is 0.142 e. The molecule has 1 N–H and O–H groups in total. The number of hydrogen-bond donors (Lipinski definition) is 1. The quantitative estimate of drug-likeness (QED) is 0.668. The summed E-state index contributed by atoms with van der Waals surface area (Å²) in [4.78, 5) is 0. The molecule has 0 aliphatic carbocycles. The minimum absolute atomic E-state index is 0.110. The van der Waals surface area contributed by atoms with Crippen LogP contribution < -0.4 is 5.32 Å². The topological polar surface area (TPSA) is 12.0 Å². The first-order chi connectivity index (χ1) is 9.15. The molecule has 2 unspecified atom stereocenters. The van der Waals surface area contributed by atoms with Crippen molar-refractivity contribution >= 4 is 15.9 Å². The summed E-state index contributed by atoms with van der Waals surface area (Å²) < 4.78 is 14.9. The van der Waals surface area contributed by atoms with E-state index in [1.165, 1.54) is 12.8 Å². The third kappa shape index (κ3) is 4.57. The number of rotatable bonds is 8. The third-order valence-corrected chi connectivity index (χ3v) is 4.28. The van der Waals surface area contributed by atoms with E-state index in [1.54, 1.807) is 6.07 Å². The van der Waals surface area contributed by atoms with Gasteiger partial charge in [0.1, 0.15) is 5.82 Å². The lowest BCUT2D eigenvalue weighted by Crippen LogP contribution is -2.29. The average molecular weight is 330 g/mol. The molecule has 3 heteroatoms. The molecule has 108 valence electrons. The zero-order valence-electron chi connectivity index (χ0n) is 12.2. The Kier molecular flexibility index (Phi) is 7.62. The molecule has 0 radical (unpaired) electrons. The predicted octanol–water partition coefficient (Wildman–Crippen LogP) is 5.46. The zero-order chi connectivity index (χ0) is 14.3. The summed E-state index contributed by atoms with van der Waals surface area (Å²) in [6.07, 6.45) is 4.62. The van der Waals surface area contributed by atoms with Gasteiger partial charge in [0.05, 0.1) is 4.47 Å². The van der Waals surface area contributed by atoms with Crippen molar-refractivity contribution in [2.75, 3.05) is 6.54 Å². The molecule has 1 aromatic rings. The summed E-state index contributed by atoms with van der Waals surface area (Å²) in [6, 6.07) is 5.69. The zero-order valence-corrected chi connectivity index (χ0v) is 13.8. The van der Waals surface area contributed by atoms with E-state index < -0.39 is 0 Å². The van der Waals surface area contributed by atoms with Gasteiger partial charge >= 0.3 is 0 Å². The fourth-order valence-corrected chi connectivity index (χ4v) is 2.97. The Bertz CT molecular complexity index is 381. The van der Waals surface area contributed by atoms with Crippen LogP contribution in [0.4, 0.5) is 4.39 Å². The number of nitrogens with one attached hydrogen (secondary N) is 1. The molecular weight excluding hydrogens is 305 g/mol. The molecule has 0 aliphatic rings. The van der Waals surface area contributed by atoms with E-state index in [0.29, 0.717) is 10.4 Å². The van der Waals surface area contributed by atoms with Gasteiger partial charge in [-0.1, -0.05) is 52.2 Å². The minimum atomic E-state index is -0.122. The summed E-state index contributed by atoms with van der Waals surface area (Å²) in [5.74, 6) is 0.368. The lowest BCUT2D eigenvalue weighted by molar-refractivity contribution is 0.320. The Morgan fingerprint density at radius 1 is 1.26 bits per heavy atom. The Morgan fingerprint density at radius 3 is 2.58 bits per heavy atom. The van der Waals surface area contributed by atoms with Crippen molar-refractivity contribution in [3.63, 3.8) is 0 Å². The van der Waals surface area contributed by atoms with Gasteiger partial charge in [0, 0.05) is 11.6 Å². The van der Waals surface area contributed by atoms with E-state index in [0.717, 1.165) is 24.9 Å². The molecule has 0 fully saturated rings. The Hall–Kier alpha value is -0.410. The molecule has 1 rings (SSSR count). The van der Waals surface area contributed by atoms with E-state index in [4.69, 9.17) is 0 Å². The molecule has 0 amide bonds. The molecule has 1 aromatic carbocycles. The molecule has 0 spiro atoms. The highest BCUT2D eigenvalue weighted by Gasteiger charge is 2.24. The molecule has 0 heterocycles. The summed E-state index contributed by atoms with van der Waals surface area (Å²) in [6.45, 7) is 7.34. The van der Waals surface area contributed by atoms with Gasteiger partial charge < -0.3 is 5.32 Å². The van der Waals surface area contributed by atoms with E-state index in [-0.39, 0.29) is 11.9 Å². The molecule has 0 saturated carbocycles. The fraction of sp³-hybridized carbons (Fsp3) is 0.625. The molecule has 0 aromatic heterocycles. The number of benzene rings is 1. The first-order valence-electron chi connectivity index (χ1n) is 7.32. The van der Waals surface area contributed by atoms with Crippen LogP contribution in [0.25, 0.3) is 0 Å². The monoisotopic (exact) mass is 329 g/mol. The second kappa shape index (κ2) is 8.70. The maximum absolute atomic E-state index is 14.3. The van der Waals surface area contributed by atoms with Gasteiger partial charge in [-0.2, -0.15) is 0 Å². The lowest BCUT2D eigenvalue weighted by Gasteiger charge is -2.28. The molecule has 19 heavy (non-hydrogen) atoms. The SMILES string of the molecule is CCCCC(CC)C(NCC)c1cccc(Br)c1F. The van der Waals surface area contributed by atoms with Crippen molar-refractivity contribution in [3.05, 3.63) is 34.1 Å². The Morgan fingerprint density at radius 2 is 2.00 bits per heavy atom. The number of halogens is 2. The minimum Gasteiger partial charge on any atom is -0.310 e. The van der Waals surface area contributed by atoms with Crippen LogP contribution in [-0.2, 0) is 0 Å². The first-order valence-corrected chi connectivity index (χ1v) is 8.12. The molecule has 2 atom stereocenters. The van der Waals surface area contributed by atoms with Crippen molar-refractivity contribution in [1.29, 1.82) is 0 Å². The van der Waals surface area contributed by atoms with Gasteiger partial charge in [-0.25, -0.2) is 4.39 Å². The van der Waals surface area contributed by atoms with Crippen LogP contribution in [0.2, 0.25) is 0 Å². The third-order valence-electron chi connectivity index (χ3n) is 3.66. The van der Waals surface area contributed by atoms with Crippen molar-refractivity contribution in [2.24, 2.45) is 5.92 Å². The molecule has 0 saturated heterocycles. The van der Waals surface area contributed by atoms with Crippen molar-refractivity contribution in [3.8, 4) is 0 Å². The van der Waals surface area contributed by atoms with Crippen LogP contribution in [0.1, 0.15) is 58.1 Å². The van der Waals surface area contributed by atoms with Gasteiger partial charge in [-0.3, -0.25) is 0 Å². The van der Waals surface area contributed by atoms with Gasteiger partial charge in [0.15, 0.2) is 0 Å². The van der Waals surface area contributed by atoms with E-state index in [2.05, 4.69) is 42.0 Å². The number of hydrogen-bond acceptors (Lipinski definition) is 1. The largest absolute Gasteiger partial charge is 0.310 e. The van der Waals surface area contributed by atoms with Crippen LogP contribution >= 0.6 is 15.9 Å². The van der Waals surface area contributed by atoms with Gasteiger partial charge in [0.25, 0.3) is 0 Å². The van der Waals surface area contributed by atoms with Crippen LogP contribution in [0.5, 0.6) is 0 Å². The maximum atomic E-state index is 14.3. The van der Waals surface area contributed by atoms with Crippen LogP contribution in [-0.4, -0.2) is 6.54 Å². The highest BCUT2D eigenvalue weighted by atomic mass is 79.9. The summed E-state index contributed by atoms with van der Waals surface area (Å²) in [5, 5.41) is 3.47. The van der Waals surface area contributed by atoms with Crippen molar-refractivity contribution in [2.45, 2.75) is 52.5 Å². The highest BCUT2D eigenvalue weighted by Crippen LogP contribution is 2.32. The van der Waals surface area contributed by atoms with Crippen molar-refractivity contribution < 1.29 is 4.39 Å². The molecular formula is C16H25BrFN. The molecule has 0 aliphatic heterocycles. The van der Waals surface area contributed by atoms with Gasteiger partial charge in [-0.15, -0.1) is 0 Å². The first kappa shape index (κ1) is 16.6. The Balaban J connectivity index is 3.00. The average Bonchev–Trinajstić information content (AvgIpc) is 2.41. The van der Waals surface area contributed by atoms with Crippen LogP contribution in [0.15, 0.2) is 22.7 Å². The molecule has 1 nitrogen and oxygen atoms in total. The normalized spacial score (nSPS) is 14.4. The number of unbranched alkanes of at least 4 members (excludes halogenated alkanes) is 1. The van der Waals surface area contributed by atoms with Crippen LogP contribution in [0.3, 0.4) is 0 Å². The maximum Gasteiger partial charge on any atom is 0.142 e. The lowest BCUT2D eigenvalue weighted by atomic mass is 9.86. The summed E-state index contributed by atoms with van der Waals surface area (Å²) in [7, 11) is 0. The van der Waals surface area contributed by atoms with E-state index in [9.17, 15) is 4.39 Å². The van der Waals surface area contributed by atoms with Gasteiger partial charge in [0.2, 0.25) is 0 Å². The van der Waals surface area contributed by atoms with E-state index in [1.807, 2.05) is 12.1 Å². The van der Waals surface area contributed by atoms with Gasteiger partial charge in [-0.05, 0) is 40.9 Å². The second-order valence-electron chi connectivity index (χ2n) is 4.99. The predicted molar refractivity (Wildman–Crippen MR) is 83.8 cm³/mol.